The Labute approximate surface area is 107 Å². The Morgan fingerprint density at radius 2 is 2.00 bits per heavy atom. The fourth-order valence-corrected chi connectivity index (χ4v) is 2.06. The van der Waals surface area contributed by atoms with Crippen LogP contribution in [-0.4, -0.2) is 23.5 Å². The number of benzene rings is 1. The zero-order valence-electron chi connectivity index (χ0n) is 10.9. The molecular weight excluding hydrogens is 226 g/mol. The molecule has 0 spiro atoms. The molecule has 0 radical (unpaired) electrons. The van der Waals surface area contributed by atoms with Crippen LogP contribution in [0.15, 0.2) is 30.3 Å². The van der Waals surface area contributed by atoms with E-state index in [4.69, 9.17) is 10.5 Å². The van der Waals surface area contributed by atoms with Gasteiger partial charge in [0.2, 0.25) is 0 Å². The van der Waals surface area contributed by atoms with Crippen LogP contribution in [0.2, 0.25) is 0 Å². The fourth-order valence-electron chi connectivity index (χ4n) is 2.06. The largest absolute Gasteiger partial charge is 0.384 e. The van der Waals surface area contributed by atoms with Crippen molar-refractivity contribution in [2.24, 2.45) is 0 Å². The van der Waals surface area contributed by atoms with E-state index in [2.05, 4.69) is 12.0 Å². The highest BCUT2D eigenvalue weighted by Crippen LogP contribution is 2.22. The van der Waals surface area contributed by atoms with E-state index in [9.17, 15) is 0 Å². The van der Waals surface area contributed by atoms with Gasteiger partial charge in [0.25, 0.3) is 0 Å². The van der Waals surface area contributed by atoms with E-state index in [0.29, 0.717) is 6.61 Å². The number of nitrogens with two attached hydrogens (primary N) is 1. The molecule has 0 aliphatic rings. The molecule has 0 bridgehead atoms. The van der Waals surface area contributed by atoms with Gasteiger partial charge in [-0.1, -0.05) is 25.1 Å². The van der Waals surface area contributed by atoms with E-state index < -0.39 is 0 Å². The lowest BCUT2D eigenvalue weighted by molar-refractivity contribution is 0.201. The third-order valence-corrected chi connectivity index (χ3v) is 3.00. The summed E-state index contributed by atoms with van der Waals surface area (Å²) in [6, 6.07) is 9.95. The summed E-state index contributed by atoms with van der Waals surface area (Å²) in [4.78, 5) is 0. The highest BCUT2D eigenvalue weighted by Gasteiger charge is 2.14. The first kappa shape index (κ1) is 12.6. The van der Waals surface area contributed by atoms with Gasteiger partial charge in [-0.05, 0) is 18.6 Å². The Hall–Kier alpha value is -1.81. The molecule has 4 nitrogen and oxygen atoms in total. The number of hydrogen-bond acceptors (Lipinski definition) is 3. The quantitative estimate of drug-likeness (QED) is 0.878. The SMILES string of the molecule is CCc1c(CCOC)nn(-c2ccccc2)c1N. The molecule has 2 N–H and O–H groups in total. The van der Waals surface area contributed by atoms with E-state index in [1.807, 2.05) is 35.0 Å². The summed E-state index contributed by atoms with van der Waals surface area (Å²) >= 11 is 0. The number of nitrogens with zero attached hydrogens (tertiary/aromatic N) is 2. The molecule has 0 unspecified atom stereocenters. The van der Waals surface area contributed by atoms with Crippen LogP contribution in [0.3, 0.4) is 0 Å². The van der Waals surface area contributed by atoms with Crippen LogP contribution < -0.4 is 5.73 Å². The van der Waals surface area contributed by atoms with Gasteiger partial charge >= 0.3 is 0 Å². The maximum atomic E-state index is 6.18. The number of hydrogen-bond donors (Lipinski definition) is 1. The summed E-state index contributed by atoms with van der Waals surface area (Å²) in [6.07, 6.45) is 1.68. The Morgan fingerprint density at radius 3 is 2.61 bits per heavy atom. The first-order chi connectivity index (χ1) is 8.77. The van der Waals surface area contributed by atoms with Crippen molar-refractivity contribution in [1.29, 1.82) is 0 Å². The predicted octanol–water partition coefficient (Wildman–Crippen LogP) is 2.21. The van der Waals surface area contributed by atoms with Gasteiger partial charge in [0, 0.05) is 19.1 Å². The van der Waals surface area contributed by atoms with Crippen molar-refractivity contribution < 1.29 is 4.74 Å². The monoisotopic (exact) mass is 245 g/mol. The number of aromatic nitrogens is 2. The minimum Gasteiger partial charge on any atom is -0.384 e. The molecule has 4 heteroatoms. The Bertz CT molecular complexity index is 505. The van der Waals surface area contributed by atoms with Gasteiger partial charge in [-0.3, -0.25) is 0 Å². The lowest BCUT2D eigenvalue weighted by Gasteiger charge is -2.03. The van der Waals surface area contributed by atoms with Crippen LogP contribution in [-0.2, 0) is 17.6 Å². The average molecular weight is 245 g/mol. The first-order valence-electron chi connectivity index (χ1n) is 6.18. The second-order valence-corrected chi connectivity index (χ2v) is 4.15. The normalized spacial score (nSPS) is 10.8. The van der Waals surface area contributed by atoms with Gasteiger partial charge in [-0.2, -0.15) is 5.10 Å². The minimum atomic E-state index is 0.665. The summed E-state index contributed by atoms with van der Waals surface area (Å²) in [7, 11) is 1.70. The van der Waals surface area contributed by atoms with Crippen LogP contribution in [0, 0.1) is 0 Å². The van der Waals surface area contributed by atoms with Crippen molar-refractivity contribution in [3.8, 4) is 5.69 Å². The van der Waals surface area contributed by atoms with E-state index in [-0.39, 0.29) is 0 Å². The molecule has 0 fully saturated rings. The van der Waals surface area contributed by atoms with Gasteiger partial charge in [-0.15, -0.1) is 0 Å². The van der Waals surface area contributed by atoms with Crippen LogP contribution in [0.1, 0.15) is 18.2 Å². The molecule has 18 heavy (non-hydrogen) atoms. The number of nitrogen functional groups attached to an aromatic ring is 1. The molecular formula is C14H19N3O. The van der Waals surface area contributed by atoms with E-state index in [1.54, 1.807) is 7.11 Å². The Balaban J connectivity index is 2.40. The van der Waals surface area contributed by atoms with Crippen molar-refractivity contribution >= 4 is 5.82 Å². The van der Waals surface area contributed by atoms with Gasteiger partial charge < -0.3 is 10.5 Å². The van der Waals surface area contributed by atoms with Crippen molar-refractivity contribution in [2.75, 3.05) is 19.5 Å². The second-order valence-electron chi connectivity index (χ2n) is 4.15. The van der Waals surface area contributed by atoms with Crippen molar-refractivity contribution in [3.63, 3.8) is 0 Å². The highest BCUT2D eigenvalue weighted by atomic mass is 16.5. The molecule has 2 aromatic rings. The van der Waals surface area contributed by atoms with Gasteiger partial charge in [0.15, 0.2) is 0 Å². The summed E-state index contributed by atoms with van der Waals surface area (Å²) < 4.78 is 6.92. The number of ether oxygens (including phenoxy) is 1. The molecule has 1 heterocycles. The van der Waals surface area contributed by atoms with E-state index in [0.717, 1.165) is 35.6 Å². The molecule has 0 atom stereocenters. The van der Waals surface area contributed by atoms with Crippen molar-refractivity contribution in [2.45, 2.75) is 19.8 Å². The predicted molar refractivity (Wildman–Crippen MR) is 72.9 cm³/mol. The van der Waals surface area contributed by atoms with Crippen LogP contribution in [0.4, 0.5) is 5.82 Å². The standard InChI is InChI=1S/C14H19N3O/c1-3-12-13(9-10-18-2)16-17(14(12)15)11-7-5-4-6-8-11/h4-8H,3,9-10,15H2,1-2H3. The third kappa shape index (κ3) is 2.38. The van der Waals surface area contributed by atoms with Gasteiger partial charge in [-0.25, -0.2) is 4.68 Å². The van der Waals surface area contributed by atoms with Crippen LogP contribution >= 0.6 is 0 Å². The summed E-state index contributed by atoms with van der Waals surface area (Å²) in [5, 5.41) is 4.60. The molecule has 0 saturated heterocycles. The van der Waals surface area contributed by atoms with E-state index in [1.165, 1.54) is 0 Å². The average Bonchev–Trinajstić information content (AvgIpc) is 2.73. The summed E-state index contributed by atoms with van der Waals surface area (Å²) in [5.74, 6) is 0.731. The minimum absolute atomic E-state index is 0.665. The number of rotatable bonds is 5. The zero-order chi connectivity index (χ0) is 13.0. The third-order valence-electron chi connectivity index (χ3n) is 3.00. The highest BCUT2D eigenvalue weighted by molar-refractivity contribution is 5.50. The van der Waals surface area contributed by atoms with E-state index >= 15 is 0 Å². The molecule has 0 aliphatic heterocycles. The molecule has 1 aromatic carbocycles. The van der Waals surface area contributed by atoms with Crippen LogP contribution in [0.25, 0.3) is 5.69 Å². The molecule has 0 aliphatic carbocycles. The smallest absolute Gasteiger partial charge is 0.130 e. The van der Waals surface area contributed by atoms with Crippen molar-refractivity contribution in [1.82, 2.24) is 9.78 Å². The topological polar surface area (TPSA) is 53.1 Å². The molecule has 2 rings (SSSR count). The maximum absolute atomic E-state index is 6.18. The molecule has 96 valence electrons. The number of methoxy groups -OCH3 is 1. The maximum Gasteiger partial charge on any atom is 0.130 e. The second kappa shape index (κ2) is 5.69. The first-order valence-corrected chi connectivity index (χ1v) is 6.18. The Kier molecular flexibility index (Phi) is 3.99. The Morgan fingerprint density at radius 1 is 1.28 bits per heavy atom. The summed E-state index contributed by atoms with van der Waals surface area (Å²) in [5.41, 5.74) is 9.32. The zero-order valence-corrected chi connectivity index (χ0v) is 10.9. The fraction of sp³-hybridized carbons (Fsp3) is 0.357. The lowest BCUT2D eigenvalue weighted by atomic mass is 10.1. The molecule has 0 amide bonds. The molecule has 0 saturated carbocycles. The van der Waals surface area contributed by atoms with Gasteiger partial charge in [0.05, 0.1) is 18.0 Å². The number of para-hydroxylation sites is 1. The van der Waals surface area contributed by atoms with Crippen molar-refractivity contribution in [3.05, 3.63) is 41.6 Å². The lowest BCUT2D eigenvalue weighted by Crippen LogP contribution is -2.02. The number of anilines is 1. The van der Waals surface area contributed by atoms with Crippen LogP contribution in [0.5, 0.6) is 0 Å². The summed E-state index contributed by atoms with van der Waals surface area (Å²) in [6.45, 7) is 2.76. The van der Waals surface area contributed by atoms with Gasteiger partial charge in [0.1, 0.15) is 5.82 Å². The molecule has 1 aromatic heterocycles.